The molecule has 0 saturated heterocycles. The van der Waals surface area contributed by atoms with E-state index in [-0.39, 0.29) is 28.1 Å². The maximum Gasteiger partial charge on any atom is 0.302 e. The van der Waals surface area contributed by atoms with Crippen molar-refractivity contribution in [2.24, 2.45) is 45.3 Å². The fourth-order valence-corrected chi connectivity index (χ4v) is 10.2. The molecule has 0 aromatic carbocycles. The van der Waals surface area contributed by atoms with Crippen LogP contribution in [0.3, 0.4) is 0 Å². The molecule has 8 atom stereocenters. The fraction of sp³-hybridized carbons (Fsp3) is 0.812. The number of hydrogen-bond donors (Lipinski definition) is 1. The zero-order valence-corrected chi connectivity index (χ0v) is 23.9. The minimum absolute atomic E-state index is 0.0111. The Morgan fingerprint density at radius 1 is 1.08 bits per heavy atom. The fourth-order valence-electron chi connectivity index (χ4n) is 10.2. The summed E-state index contributed by atoms with van der Waals surface area (Å²) in [4.78, 5) is 24.0. The molecule has 4 nitrogen and oxygen atoms in total. The highest BCUT2D eigenvalue weighted by Crippen LogP contribution is 2.75. The number of esters is 1. The predicted molar refractivity (Wildman–Crippen MR) is 144 cm³/mol. The second-order valence-electron chi connectivity index (χ2n) is 14.1. The van der Waals surface area contributed by atoms with Gasteiger partial charge in [0.05, 0.1) is 6.10 Å². The van der Waals surface area contributed by atoms with E-state index in [1.54, 1.807) is 0 Å². The van der Waals surface area contributed by atoms with E-state index in [4.69, 9.17) is 4.74 Å². The van der Waals surface area contributed by atoms with Gasteiger partial charge < -0.3 is 9.84 Å². The Labute approximate surface area is 219 Å². The highest BCUT2D eigenvalue weighted by molar-refractivity contribution is 5.85. The summed E-state index contributed by atoms with van der Waals surface area (Å²) in [5, 5.41) is 11.7. The zero-order chi connectivity index (χ0) is 26.7. The van der Waals surface area contributed by atoms with Gasteiger partial charge in [-0.25, -0.2) is 0 Å². The molecule has 0 spiro atoms. The quantitative estimate of drug-likeness (QED) is 0.315. The Kier molecular flexibility index (Phi) is 7.21. The lowest BCUT2D eigenvalue weighted by atomic mass is 9.35. The van der Waals surface area contributed by atoms with Crippen LogP contribution in [0.5, 0.6) is 0 Å². The number of hydrogen-bond acceptors (Lipinski definition) is 4. The van der Waals surface area contributed by atoms with Crippen molar-refractivity contribution in [3.05, 3.63) is 23.8 Å². The summed E-state index contributed by atoms with van der Waals surface area (Å²) in [6.07, 6.45) is 10.9. The van der Waals surface area contributed by atoms with Crippen molar-refractivity contribution in [3.8, 4) is 0 Å². The molecule has 36 heavy (non-hydrogen) atoms. The van der Waals surface area contributed by atoms with Crippen molar-refractivity contribution in [1.29, 1.82) is 0 Å². The molecule has 4 fully saturated rings. The lowest BCUT2D eigenvalue weighted by molar-refractivity contribution is -0.235. The standard InChI is InChI=1S/C32H50O4/c1-20(19-36-22(3)33)10-9-11-21(2)23-14-17-31(7)24(23)12-13-26-30(6)16-15-27(35)29(4,5)28(30)25(34)18-32(26,31)8/h10,23-26,28,34H,2,9,11-19H2,1,3-8H3/b20-10+/t23-,24-,25-,26-,28+,30-,31-,32-/m1/s1. The van der Waals surface area contributed by atoms with Gasteiger partial charge in [0.15, 0.2) is 0 Å². The van der Waals surface area contributed by atoms with E-state index in [1.807, 2.05) is 6.92 Å². The zero-order valence-electron chi connectivity index (χ0n) is 23.9. The number of ketones is 1. The number of Topliss-reactive ketones (excluding diaryl/α,β-unsaturated/α-hetero) is 1. The van der Waals surface area contributed by atoms with E-state index >= 15 is 0 Å². The van der Waals surface area contributed by atoms with Crippen LogP contribution >= 0.6 is 0 Å². The normalized spacial score (nSPS) is 43.8. The van der Waals surface area contributed by atoms with Crippen LogP contribution < -0.4 is 0 Å². The van der Waals surface area contributed by atoms with Crippen LogP contribution in [0.1, 0.15) is 106 Å². The number of allylic oxidation sites excluding steroid dienone is 2. The first kappa shape index (κ1) is 27.6. The molecule has 4 rings (SSSR count). The van der Waals surface area contributed by atoms with E-state index in [1.165, 1.54) is 38.2 Å². The van der Waals surface area contributed by atoms with Gasteiger partial charge in [0.1, 0.15) is 12.4 Å². The summed E-state index contributed by atoms with van der Waals surface area (Å²) in [6, 6.07) is 0. The van der Waals surface area contributed by atoms with Crippen LogP contribution in [0.4, 0.5) is 0 Å². The third kappa shape index (κ3) is 4.14. The highest BCUT2D eigenvalue weighted by Gasteiger charge is 2.70. The number of rotatable bonds is 6. The van der Waals surface area contributed by atoms with E-state index in [0.717, 1.165) is 31.3 Å². The van der Waals surface area contributed by atoms with E-state index < -0.39 is 11.5 Å². The summed E-state index contributed by atoms with van der Waals surface area (Å²) < 4.78 is 5.11. The summed E-state index contributed by atoms with van der Waals surface area (Å²) >= 11 is 0. The van der Waals surface area contributed by atoms with Gasteiger partial charge in [-0.15, -0.1) is 0 Å². The predicted octanol–water partition coefficient (Wildman–Crippen LogP) is 7.06. The number of ether oxygens (including phenoxy) is 1. The first-order valence-electron chi connectivity index (χ1n) is 14.4. The maximum atomic E-state index is 12.9. The molecule has 4 heteroatoms. The van der Waals surface area contributed by atoms with Gasteiger partial charge >= 0.3 is 5.97 Å². The van der Waals surface area contributed by atoms with Crippen molar-refractivity contribution in [2.45, 2.75) is 112 Å². The Hall–Kier alpha value is -1.42. The topological polar surface area (TPSA) is 63.6 Å². The molecule has 4 aliphatic rings. The number of fused-ring (bicyclic) bond motifs is 5. The molecule has 4 aliphatic carbocycles. The van der Waals surface area contributed by atoms with Crippen molar-refractivity contribution in [3.63, 3.8) is 0 Å². The molecule has 0 heterocycles. The molecule has 0 radical (unpaired) electrons. The molecule has 0 aliphatic heterocycles. The second kappa shape index (κ2) is 9.40. The van der Waals surface area contributed by atoms with Crippen LogP contribution in [0.15, 0.2) is 23.8 Å². The summed E-state index contributed by atoms with van der Waals surface area (Å²) in [6.45, 7) is 20.0. The minimum Gasteiger partial charge on any atom is -0.461 e. The average molecular weight is 499 g/mol. The Bertz CT molecular complexity index is 946. The van der Waals surface area contributed by atoms with Gasteiger partial charge in [-0.1, -0.05) is 52.8 Å². The van der Waals surface area contributed by atoms with Crippen LogP contribution in [0.2, 0.25) is 0 Å². The number of carbonyl (C=O) groups excluding carboxylic acids is 2. The van der Waals surface area contributed by atoms with Gasteiger partial charge in [0, 0.05) is 24.7 Å². The van der Waals surface area contributed by atoms with Crippen molar-refractivity contribution >= 4 is 11.8 Å². The van der Waals surface area contributed by atoms with E-state index in [0.29, 0.717) is 36.6 Å². The molecule has 1 N–H and O–H groups in total. The molecule has 0 aromatic rings. The summed E-state index contributed by atoms with van der Waals surface area (Å²) in [7, 11) is 0. The minimum atomic E-state index is -0.445. The summed E-state index contributed by atoms with van der Waals surface area (Å²) in [5.74, 6) is 1.86. The van der Waals surface area contributed by atoms with Gasteiger partial charge in [0.25, 0.3) is 0 Å². The van der Waals surface area contributed by atoms with Crippen molar-refractivity contribution in [2.75, 3.05) is 6.61 Å². The third-order valence-corrected chi connectivity index (χ3v) is 12.0. The number of carbonyl (C=O) groups is 2. The van der Waals surface area contributed by atoms with Gasteiger partial charge in [-0.3, -0.25) is 9.59 Å². The molecule has 0 aromatic heterocycles. The smallest absolute Gasteiger partial charge is 0.302 e. The Morgan fingerprint density at radius 2 is 1.78 bits per heavy atom. The highest BCUT2D eigenvalue weighted by atomic mass is 16.5. The Morgan fingerprint density at radius 3 is 2.44 bits per heavy atom. The maximum absolute atomic E-state index is 12.9. The first-order chi connectivity index (χ1) is 16.7. The lowest BCUT2D eigenvalue weighted by Crippen LogP contribution is -2.67. The lowest BCUT2D eigenvalue weighted by Gasteiger charge is -2.70. The first-order valence-corrected chi connectivity index (χ1v) is 14.4. The molecule has 0 bridgehead atoms. The largest absolute Gasteiger partial charge is 0.461 e. The molecular weight excluding hydrogens is 448 g/mol. The van der Waals surface area contributed by atoms with Crippen LogP contribution in [-0.2, 0) is 14.3 Å². The average Bonchev–Trinajstić information content (AvgIpc) is 3.13. The number of aliphatic hydroxyl groups is 1. The SMILES string of the molecule is C=C(CC/C=C(\C)COC(C)=O)[C@H]1CC[C@]2(C)[C@@H]1CC[C@@H]1[C@@]3(C)CCC(=O)C(C)(C)[C@@H]3[C@H](O)C[C@]12C. The monoisotopic (exact) mass is 498 g/mol. The molecular formula is C32H50O4. The van der Waals surface area contributed by atoms with Crippen LogP contribution in [0.25, 0.3) is 0 Å². The van der Waals surface area contributed by atoms with Crippen molar-refractivity contribution in [1.82, 2.24) is 0 Å². The van der Waals surface area contributed by atoms with E-state index in [2.05, 4.69) is 47.3 Å². The molecule has 202 valence electrons. The van der Waals surface area contributed by atoms with Crippen LogP contribution in [-0.4, -0.2) is 29.6 Å². The van der Waals surface area contributed by atoms with Crippen molar-refractivity contribution < 1.29 is 19.4 Å². The molecule has 0 amide bonds. The van der Waals surface area contributed by atoms with Crippen LogP contribution in [0, 0.1) is 45.3 Å². The van der Waals surface area contributed by atoms with E-state index in [9.17, 15) is 14.7 Å². The second-order valence-corrected chi connectivity index (χ2v) is 14.1. The van der Waals surface area contributed by atoms with Gasteiger partial charge in [-0.2, -0.15) is 0 Å². The molecule has 4 saturated carbocycles. The summed E-state index contributed by atoms with van der Waals surface area (Å²) in [5.41, 5.74) is 2.29. The van der Waals surface area contributed by atoms with Gasteiger partial charge in [-0.05, 0) is 97.9 Å². The van der Waals surface area contributed by atoms with Gasteiger partial charge in [0.2, 0.25) is 0 Å². The Balaban J connectivity index is 1.52. The number of aliphatic hydroxyl groups excluding tert-OH is 1. The molecule has 0 unspecified atom stereocenters. The third-order valence-electron chi connectivity index (χ3n) is 12.0.